The standard InChI is InChI=1S/C24H26FN5O3/c1-28(33)9-6-20-21(16-31)27-12-22-24(20)18(14-29-10-7-23(32)26-8-11-29)15-30(22)13-17-2-4-19(25)5-3-17/h2-6,9,12,15-16,33H,7-8,10-11,13-14H2,1H3,(H,26,32)/b9-6-. The van der Waals surface area contributed by atoms with E-state index < -0.39 is 0 Å². The number of hydrogen-bond donors (Lipinski definition) is 2. The van der Waals surface area contributed by atoms with Gasteiger partial charge in [0, 0.05) is 69.5 Å². The first-order chi connectivity index (χ1) is 15.9. The smallest absolute Gasteiger partial charge is 0.221 e. The lowest BCUT2D eigenvalue weighted by molar-refractivity contribution is -0.120. The number of halogens is 1. The van der Waals surface area contributed by atoms with E-state index in [1.54, 1.807) is 24.4 Å². The number of amides is 1. The molecule has 2 N–H and O–H groups in total. The van der Waals surface area contributed by atoms with E-state index in [4.69, 9.17) is 0 Å². The van der Waals surface area contributed by atoms with Gasteiger partial charge < -0.3 is 9.88 Å². The van der Waals surface area contributed by atoms with Crippen molar-refractivity contribution < 1.29 is 19.2 Å². The number of benzene rings is 1. The molecule has 1 aliphatic heterocycles. The molecular formula is C24H26FN5O3. The molecule has 8 nitrogen and oxygen atoms in total. The molecule has 0 spiro atoms. The van der Waals surface area contributed by atoms with Crippen LogP contribution in [0.15, 0.2) is 42.9 Å². The minimum absolute atomic E-state index is 0.0401. The van der Waals surface area contributed by atoms with Gasteiger partial charge in [-0.1, -0.05) is 12.1 Å². The van der Waals surface area contributed by atoms with Gasteiger partial charge in [0.2, 0.25) is 5.91 Å². The molecule has 9 heteroatoms. The highest BCUT2D eigenvalue weighted by Gasteiger charge is 2.20. The quantitative estimate of drug-likeness (QED) is 0.424. The molecule has 1 amide bonds. The largest absolute Gasteiger partial charge is 0.355 e. The molecule has 3 heterocycles. The van der Waals surface area contributed by atoms with Crippen molar-refractivity contribution in [2.45, 2.75) is 19.5 Å². The third-order valence-corrected chi connectivity index (χ3v) is 5.70. The van der Waals surface area contributed by atoms with E-state index >= 15 is 0 Å². The summed E-state index contributed by atoms with van der Waals surface area (Å²) in [5, 5.41) is 14.3. The molecule has 2 aromatic heterocycles. The molecule has 0 saturated carbocycles. The van der Waals surface area contributed by atoms with Gasteiger partial charge in [-0.05, 0) is 29.3 Å². The van der Waals surface area contributed by atoms with E-state index in [1.165, 1.54) is 25.4 Å². The Morgan fingerprint density at radius 1 is 1.24 bits per heavy atom. The van der Waals surface area contributed by atoms with Crippen molar-refractivity contribution in [3.05, 3.63) is 71.1 Å². The van der Waals surface area contributed by atoms with Gasteiger partial charge in [-0.3, -0.25) is 29.7 Å². The Hall–Kier alpha value is -3.56. The van der Waals surface area contributed by atoms with Gasteiger partial charge in [-0.25, -0.2) is 4.39 Å². The van der Waals surface area contributed by atoms with E-state index in [0.717, 1.165) is 27.1 Å². The number of aromatic nitrogens is 2. The number of fused-ring (bicyclic) bond motifs is 1. The van der Waals surface area contributed by atoms with E-state index in [1.807, 2.05) is 10.8 Å². The van der Waals surface area contributed by atoms with Crippen LogP contribution in [0.5, 0.6) is 0 Å². The Bertz CT molecular complexity index is 1190. The Kier molecular flexibility index (Phi) is 6.81. The maximum atomic E-state index is 13.4. The molecule has 0 radical (unpaired) electrons. The second kappa shape index (κ2) is 9.93. The van der Waals surface area contributed by atoms with E-state index in [0.29, 0.717) is 51.0 Å². The van der Waals surface area contributed by atoms with Crippen molar-refractivity contribution in [2.24, 2.45) is 0 Å². The molecule has 0 aliphatic carbocycles. The zero-order valence-corrected chi connectivity index (χ0v) is 18.4. The number of hydroxylamine groups is 2. The number of carbonyl (C=O) groups is 2. The third-order valence-electron chi connectivity index (χ3n) is 5.70. The van der Waals surface area contributed by atoms with Gasteiger partial charge in [0.1, 0.15) is 11.5 Å². The molecule has 33 heavy (non-hydrogen) atoms. The highest BCUT2D eigenvalue weighted by molar-refractivity contribution is 5.97. The lowest BCUT2D eigenvalue weighted by Crippen LogP contribution is -2.28. The second-order valence-corrected chi connectivity index (χ2v) is 8.11. The highest BCUT2D eigenvalue weighted by Crippen LogP contribution is 2.29. The van der Waals surface area contributed by atoms with Crippen molar-refractivity contribution >= 4 is 29.2 Å². The first-order valence-electron chi connectivity index (χ1n) is 10.7. The van der Waals surface area contributed by atoms with Crippen LogP contribution < -0.4 is 5.32 Å². The van der Waals surface area contributed by atoms with Crippen LogP contribution in [0.25, 0.3) is 17.0 Å². The first-order valence-corrected chi connectivity index (χ1v) is 10.7. The molecule has 1 aromatic carbocycles. The van der Waals surface area contributed by atoms with Crippen LogP contribution in [0.4, 0.5) is 4.39 Å². The Morgan fingerprint density at radius 2 is 2.03 bits per heavy atom. The Labute approximate surface area is 190 Å². The van der Waals surface area contributed by atoms with Crippen LogP contribution in [0.2, 0.25) is 0 Å². The predicted octanol–water partition coefficient (Wildman–Crippen LogP) is 2.65. The third kappa shape index (κ3) is 5.27. The Balaban J connectivity index is 1.81. The second-order valence-electron chi connectivity index (χ2n) is 8.11. The van der Waals surface area contributed by atoms with Crippen molar-refractivity contribution in [3.8, 4) is 0 Å². The van der Waals surface area contributed by atoms with Crippen molar-refractivity contribution in [1.29, 1.82) is 0 Å². The molecular weight excluding hydrogens is 425 g/mol. The molecule has 3 aromatic rings. The van der Waals surface area contributed by atoms with Crippen molar-refractivity contribution in [1.82, 2.24) is 24.8 Å². The molecule has 1 aliphatic rings. The molecule has 1 saturated heterocycles. The summed E-state index contributed by atoms with van der Waals surface area (Å²) in [6.07, 6.45) is 7.94. The van der Waals surface area contributed by atoms with Crippen LogP contribution >= 0.6 is 0 Å². The maximum absolute atomic E-state index is 13.4. The number of hydrogen-bond acceptors (Lipinski definition) is 6. The zero-order valence-electron chi connectivity index (χ0n) is 18.4. The fourth-order valence-corrected chi connectivity index (χ4v) is 4.10. The van der Waals surface area contributed by atoms with Gasteiger partial charge in [0.25, 0.3) is 0 Å². The highest BCUT2D eigenvalue weighted by atomic mass is 19.1. The van der Waals surface area contributed by atoms with E-state index in [9.17, 15) is 19.2 Å². The molecule has 0 unspecified atom stereocenters. The average molecular weight is 452 g/mol. The van der Waals surface area contributed by atoms with Gasteiger partial charge in [-0.2, -0.15) is 0 Å². The summed E-state index contributed by atoms with van der Waals surface area (Å²) >= 11 is 0. The lowest BCUT2D eigenvalue weighted by atomic mass is 10.0. The van der Waals surface area contributed by atoms with Gasteiger partial charge >= 0.3 is 0 Å². The Morgan fingerprint density at radius 3 is 2.76 bits per heavy atom. The minimum atomic E-state index is -0.293. The predicted molar refractivity (Wildman–Crippen MR) is 122 cm³/mol. The molecule has 172 valence electrons. The summed E-state index contributed by atoms with van der Waals surface area (Å²) in [5.74, 6) is -0.253. The topological polar surface area (TPSA) is 90.7 Å². The molecule has 1 fully saturated rings. The van der Waals surface area contributed by atoms with Crippen LogP contribution in [0, 0.1) is 5.82 Å². The summed E-state index contributed by atoms with van der Waals surface area (Å²) in [6.45, 7) is 3.01. The summed E-state index contributed by atoms with van der Waals surface area (Å²) in [5.41, 5.74) is 3.61. The average Bonchev–Trinajstić information content (AvgIpc) is 2.99. The summed E-state index contributed by atoms with van der Waals surface area (Å²) < 4.78 is 15.4. The SMILES string of the molecule is CN(O)/C=C\c1c(C=O)ncc2c1c(CN1CCNC(=O)CC1)cn2Cc1ccc(F)cc1. The normalized spacial score (nSPS) is 15.1. The minimum Gasteiger partial charge on any atom is -0.355 e. The summed E-state index contributed by atoms with van der Waals surface area (Å²) in [7, 11) is 1.48. The number of pyridine rings is 1. The number of aldehydes is 1. The monoisotopic (exact) mass is 451 g/mol. The number of nitrogens with zero attached hydrogens (tertiary/aromatic N) is 4. The van der Waals surface area contributed by atoms with Crippen molar-refractivity contribution in [3.63, 3.8) is 0 Å². The lowest BCUT2D eigenvalue weighted by Gasteiger charge is -2.18. The van der Waals surface area contributed by atoms with Gasteiger partial charge in [0.15, 0.2) is 6.29 Å². The van der Waals surface area contributed by atoms with E-state index in [-0.39, 0.29) is 17.4 Å². The van der Waals surface area contributed by atoms with Gasteiger partial charge in [-0.15, -0.1) is 0 Å². The van der Waals surface area contributed by atoms with Crippen LogP contribution in [-0.2, 0) is 17.9 Å². The molecule has 0 bridgehead atoms. The van der Waals surface area contributed by atoms with Crippen LogP contribution in [-0.4, -0.2) is 63.6 Å². The van der Waals surface area contributed by atoms with Crippen LogP contribution in [0.1, 0.15) is 33.6 Å². The fraction of sp³-hybridized carbons (Fsp3) is 0.292. The maximum Gasteiger partial charge on any atom is 0.221 e. The zero-order chi connectivity index (χ0) is 23.4. The fourth-order valence-electron chi connectivity index (χ4n) is 4.10. The number of nitrogens with one attached hydrogen (secondary N) is 1. The molecule has 0 atom stereocenters. The van der Waals surface area contributed by atoms with E-state index in [2.05, 4.69) is 15.2 Å². The molecule has 4 rings (SSSR count). The number of carbonyl (C=O) groups excluding carboxylic acids is 2. The summed E-state index contributed by atoms with van der Waals surface area (Å²) in [6, 6.07) is 6.33. The number of rotatable bonds is 7. The van der Waals surface area contributed by atoms with Gasteiger partial charge in [0.05, 0.1) is 11.7 Å². The first kappa shape index (κ1) is 22.6. The van der Waals surface area contributed by atoms with Crippen LogP contribution in [0.3, 0.4) is 0 Å². The summed E-state index contributed by atoms with van der Waals surface area (Å²) in [4.78, 5) is 30.0. The van der Waals surface area contributed by atoms with Crippen molar-refractivity contribution in [2.75, 3.05) is 26.7 Å².